The SMILES string of the molecule is CCS(=O)(=O)CC(C)Nc1c(F)cc(F)cc1[N+](=O)[O-]. The van der Waals surface area contributed by atoms with E-state index < -0.39 is 43.8 Å². The molecule has 1 atom stereocenters. The Bertz CT molecular complexity index is 619. The first-order chi connectivity index (χ1) is 9.16. The van der Waals surface area contributed by atoms with E-state index in [0.717, 1.165) is 0 Å². The average molecular weight is 308 g/mol. The number of hydrogen-bond donors (Lipinski definition) is 1. The van der Waals surface area contributed by atoms with Crippen LogP contribution in [0.1, 0.15) is 13.8 Å². The van der Waals surface area contributed by atoms with Crippen LogP contribution in [-0.2, 0) is 9.84 Å². The van der Waals surface area contributed by atoms with E-state index in [0.29, 0.717) is 12.1 Å². The number of benzene rings is 1. The van der Waals surface area contributed by atoms with E-state index in [-0.39, 0.29) is 11.5 Å². The quantitative estimate of drug-likeness (QED) is 0.642. The van der Waals surface area contributed by atoms with Gasteiger partial charge in [-0.15, -0.1) is 0 Å². The fourth-order valence-corrected chi connectivity index (χ4v) is 2.71. The number of nitrogens with zero attached hydrogens (tertiary/aromatic N) is 1. The molecule has 0 bridgehead atoms. The summed E-state index contributed by atoms with van der Waals surface area (Å²) in [5.74, 6) is -2.61. The predicted octanol–water partition coefficient (Wildman–Crippen LogP) is 2.11. The lowest BCUT2D eigenvalue weighted by molar-refractivity contribution is -0.384. The fourth-order valence-electron chi connectivity index (χ4n) is 1.63. The van der Waals surface area contributed by atoms with Crippen LogP contribution in [0.4, 0.5) is 20.2 Å². The predicted molar refractivity (Wildman–Crippen MR) is 70.4 cm³/mol. The summed E-state index contributed by atoms with van der Waals surface area (Å²) in [7, 11) is -3.32. The van der Waals surface area contributed by atoms with Gasteiger partial charge in [-0.2, -0.15) is 0 Å². The molecule has 1 N–H and O–H groups in total. The molecule has 1 aromatic rings. The van der Waals surface area contributed by atoms with Gasteiger partial charge in [-0.1, -0.05) is 6.92 Å². The van der Waals surface area contributed by atoms with Gasteiger partial charge >= 0.3 is 0 Å². The largest absolute Gasteiger partial charge is 0.374 e. The summed E-state index contributed by atoms with van der Waals surface area (Å²) in [5.41, 5.74) is -1.29. The number of anilines is 1. The molecule has 1 unspecified atom stereocenters. The van der Waals surface area contributed by atoms with E-state index in [1.165, 1.54) is 13.8 Å². The normalized spacial score (nSPS) is 13.0. The molecule has 0 heterocycles. The number of nitro groups is 1. The summed E-state index contributed by atoms with van der Waals surface area (Å²) in [6.07, 6.45) is 0. The lowest BCUT2D eigenvalue weighted by Crippen LogP contribution is -2.27. The molecule has 20 heavy (non-hydrogen) atoms. The monoisotopic (exact) mass is 308 g/mol. The molecule has 0 spiro atoms. The molecule has 0 aromatic heterocycles. The number of rotatable bonds is 6. The van der Waals surface area contributed by atoms with Crippen LogP contribution in [0.15, 0.2) is 12.1 Å². The second kappa shape index (κ2) is 6.12. The van der Waals surface area contributed by atoms with Gasteiger partial charge < -0.3 is 5.32 Å². The highest BCUT2D eigenvalue weighted by Crippen LogP contribution is 2.29. The molecular formula is C11H14F2N2O4S. The van der Waals surface area contributed by atoms with Gasteiger partial charge in [0.25, 0.3) is 5.69 Å². The van der Waals surface area contributed by atoms with E-state index in [9.17, 15) is 27.3 Å². The molecule has 0 saturated carbocycles. The zero-order valence-electron chi connectivity index (χ0n) is 10.9. The van der Waals surface area contributed by atoms with Crippen LogP contribution in [-0.4, -0.2) is 30.9 Å². The van der Waals surface area contributed by atoms with Crippen LogP contribution >= 0.6 is 0 Å². The van der Waals surface area contributed by atoms with E-state index in [1.807, 2.05) is 0 Å². The van der Waals surface area contributed by atoms with Gasteiger partial charge in [0.2, 0.25) is 0 Å². The summed E-state index contributed by atoms with van der Waals surface area (Å²) < 4.78 is 49.4. The summed E-state index contributed by atoms with van der Waals surface area (Å²) >= 11 is 0. The van der Waals surface area contributed by atoms with Crippen molar-refractivity contribution in [2.45, 2.75) is 19.9 Å². The van der Waals surface area contributed by atoms with Crippen molar-refractivity contribution >= 4 is 21.2 Å². The maximum atomic E-state index is 13.6. The third-order valence-electron chi connectivity index (χ3n) is 2.57. The van der Waals surface area contributed by atoms with Crippen LogP contribution in [0, 0.1) is 21.7 Å². The number of sulfone groups is 1. The molecule has 0 aliphatic heterocycles. The molecule has 1 rings (SSSR count). The second-order valence-corrected chi connectivity index (χ2v) is 6.68. The molecule has 9 heteroatoms. The average Bonchev–Trinajstić information content (AvgIpc) is 2.31. The fraction of sp³-hybridized carbons (Fsp3) is 0.455. The number of halogens is 2. The Balaban J connectivity index is 3.06. The van der Waals surface area contributed by atoms with Crippen LogP contribution in [0.5, 0.6) is 0 Å². The Kier molecular flexibility index (Phi) is 4.98. The molecule has 6 nitrogen and oxygen atoms in total. The summed E-state index contributed by atoms with van der Waals surface area (Å²) in [4.78, 5) is 9.83. The minimum absolute atomic E-state index is 0.0903. The standard InChI is InChI=1S/C11H14F2N2O4S/c1-3-20(18,19)6-7(2)14-11-9(13)4-8(12)5-10(11)15(16)17/h4-5,7,14H,3,6H2,1-2H3. The highest BCUT2D eigenvalue weighted by Gasteiger charge is 2.23. The van der Waals surface area contributed by atoms with Crippen LogP contribution in [0.3, 0.4) is 0 Å². The molecule has 0 amide bonds. The minimum atomic E-state index is -3.32. The molecule has 0 aliphatic rings. The zero-order valence-corrected chi connectivity index (χ0v) is 11.7. The lowest BCUT2D eigenvalue weighted by Gasteiger charge is -2.15. The molecular weight excluding hydrogens is 294 g/mol. The van der Waals surface area contributed by atoms with Crippen molar-refractivity contribution in [1.82, 2.24) is 0 Å². The molecule has 1 aromatic carbocycles. The van der Waals surface area contributed by atoms with Crippen LogP contribution < -0.4 is 5.32 Å². The Labute approximate surface area is 114 Å². The highest BCUT2D eigenvalue weighted by atomic mass is 32.2. The summed E-state index contributed by atoms with van der Waals surface area (Å²) in [6.45, 7) is 2.91. The van der Waals surface area contributed by atoms with Crippen molar-refractivity contribution in [3.63, 3.8) is 0 Å². The van der Waals surface area contributed by atoms with Crippen molar-refractivity contribution < 1.29 is 22.1 Å². The Hall–Kier alpha value is -1.77. The van der Waals surface area contributed by atoms with Gasteiger partial charge in [-0.05, 0) is 6.92 Å². The van der Waals surface area contributed by atoms with E-state index in [1.54, 1.807) is 0 Å². The third-order valence-corrected chi connectivity index (χ3v) is 4.45. The first-order valence-corrected chi connectivity index (χ1v) is 7.58. The van der Waals surface area contributed by atoms with E-state index >= 15 is 0 Å². The van der Waals surface area contributed by atoms with Gasteiger partial charge in [0.15, 0.2) is 15.7 Å². The number of nitrogens with one attached hydrogen (secondary N) is 1. The Morgan fingerprint density at radius 3 is 2.50 bits per heavy atom. The van der Waals surface area contributed by atoms with Crippen LogP contribution in [0.2, 0.25) is 0 Å². The van der Waals surface area contributed by atoms with Crippen molar-refractivity contribution in [2.75, 3.05) is 16.8 Å². The molecule has 0 fully saturated rings. The number of nitro benzene ring substituents is 1. The first kappa shape index (κ1) is 16.3. The Morgan fingerprint density at radius 1 is 1.40 bits per heavy atom. The van der Waals surface area contributed by atoms with Crippen molar-refractivity contribution in [2.24, 2.45) is 0 Å². The summed E-state index contributed by atoms with van der Waals surface area (Å²) in [5, 5.41) is 13.2. The van der Waals surface area contributed by atoms with E-state index in [2.05, 4.69) is 5.32 Å². The zero-order chi connectivity index (χ0) is 15.5. The molecule has 0 radical (unpaired) electrons. The smallest absolute Gasteiger partial charge is 0.298 e. The molecule has 0 aliphatic carbocycles. The molecule has 112 valence electrons. The van der Waals surface area contributed by atoms with Gasteiger partial charge in [-0.25, -0.2) is 17.2 Å². The van der Waals surface area contributed by atoms with Crippen LogP contribution in [0.25, 0.3) is 0 Å². The Morgan fingerprint density at radius 2 is 2.00 bits per heavy atom. The van der Waals surface area contributed by atoms with Gasteiger partial charge in [0.1, 0.15) is 11.5 Å². The van der Waals surface area contributed by atoms with E-state index in [4.69, 9.17) is 0 Å². The minimum Gasteiger partial charge on any atom is -0.374 e. The first-order valence-electron chi connectivity index (χ1n) is 5.76. The summed E-state index contributed by atoms with van der Waals surface area (Å²) in [6, 6.07) is 0.321. The van der Waals surface area contributed by atoms with Gasteiger partial charge in [0.05, 0.1) is 16.7 Å². The highest BCUT2D eigenvalue weighted by molar-refractivity contribution is 7.91. The van der Waals surface area contributed by atoms with Crippen molar-refractivity contribution in [3.05, 3.63) is 33.9 Å². The van der Waals surface area contributed by atoms with Crippen molar-refractivity contribution in [3.8, 4) is 0 Å². The topological polar surface area (TPSA) is 89.3 Å². The van der Waals surface area contributed by atoms with Gasteiger partial charge in [0, 0.05) is 17.9 Å². The number of hydrogen-bond acceptors (Lipinski definition) is 5. The third kappa shape index (κ3) is 4.12. The maximum Gasteiger partial charge on any atom is 0.298 e. The van der Waals surface area contributed by atoms with Gasteiger partial charge in [-0.3, -0.25) is 10.1 Å². The maximum absolute atomic E-state index is 13.6. The second-order valence-electron chi connectivity index (χ2n) is 4.28. The molecule has 0 saturated heterocycles. The van der Waals surface area contributed by atoms with Crippen molar-refractivity contribution in [1.29, 1.82) is 0 Å². The lowest BCUT2D eigenvalue weighted by atomic mass is 10.2.